The fourth-order valence-electron chi connectivity index (χ4n) is 3.48. The van der Waals surface area contributed by atoms with E-state index in [1.807, 2.05) is 24.3 Å². The maximum absolute atomic E-state index is 11.9. The summed E-state index contributed by atoms with van der Waals surface area (Å²) in [5, 5.41) is 9.79. The lowest BCUT2D eigenvalue weighted by atomic mass is 9.66. The van der Waals surface area contributed by atoms with Crippen LogP contribution in [0.5, 0.6) is 0 Å². The van der Waals surface area contributed by atoms with Crippen molar-refractivity contribution in [1.82, 2.24) is 0 Å². The summed E-state index contributed by atoms with van der Waals surface area (Å²) in [6.45, 7) is 2.22. The first-order valence-corrected chi connectivity index (χ1v) is 8.83. The molecule has 0 bridgehead atoms. The predicted molar refractivity (Wildman–Crippen MR) is 89.4 cm³/mol. The van der Waals surface area contributed by atoms with Gasteiger partial charge in [-0.15, -0.1) is 0 Å². The largest absolute Gasteiger partial charge is 0.481 e. The van der Waals surface area contributed by atoms with Gasteiger partial charge in [-0.2, -0.15) is 0 Å². The third-order valence-electron chi connectivity index (χ3n) is 4.97. The van der Waals surface area contributed by atoms with Crippen molar-refractivity contribution < 1.29 is 9.90 Å². The number of carbonyl (C=O) groups is 1. The van der Waals surface area contributed by atoms with Gasteiger partial charge in [-0.25, -0.2) is 0 Å². The molecule has 0 unspecified atom stereocenters. The normalized spacial score (nSPS) is 25.7. The van der Waals surface area contributed by atoms with E-state index in [2.05, 4.69) is 22.9 Å². The molecule has 1 aliphatic carbocycles. The lowest BCUT2D eigenvalue weighted by Crippen LogP contribution is -2.37. The third-order valence-corrected chi connectivity index (χ3v) is 5.74. The number of carboxylic acid groups (broad SMARTS) is 1. The van der Waals surface area contributed by atoms with Crippen LogP contribution in [0.15, 0.2) is 28.7 Å². The second-order valence-electron chi connectivity index (χ2n) is 6.44. The van der Waals surface area contributed by atoms with Crippen molar-refractivity contribution >= 4 is 21.9 Å². The highest BCUT2D eigenvalue weighted by Gasteiger charge is 2.42. The fraction of sp³-hybridized carbons (Fsp3) is 0.611. The first kappa shape index (κ1) is 16.5. The fourth-order valence-corrected chi connectivity index (χ4v) is 3.91. The Morgan fingerprint density at radius 1 is 1.33 bits per heavy atom. The highest BCUT2D eigenvalue weighted by atomic mass is 79.9. The Morgan fingerprint density at radius 3 is 2.57 bits per heavy atom. The molecule has 21 heavy (non-hydrogen) atoms. The maximum Gasteiger partial charge on any atom is 0.309 e. The molecule has 0 atom stereocenters. The summed E-state index contributed by atoms with van der Waals surface area (Å²) in [6.07, 6.45) is 8.18. The van der Waals surface area contributed by atoms with Gasteiger partial charge in [0, 0.05) is 4.47 Å². The zero-order chi connectivity index (χ0) is 15.3. The summed E-state index contributed by atoms with van der Waals surface area (Å²) in [7, 11) is 0. The van der Waals surface area contributed by atoms with Crippen LogP contribution in [0.1, 0.15) is 57.4 Å². The summed E-state index contributed by atoms with van der Waals surface area (Å²) < 4.78 is 1.03. The Bertz CT molecular complexity index is 476. The molecule has 0 heterocycles. The lowest BCUT2D eigenvalue weighted by Gasteiger charge is -2.37. The first-order chi connectivity index (χ1) is 10.1. The molecule has 1 saturated carbocycles. The number of hydrogen-bond acceptors (Lipinski definition) is 1. The molecule has 1 fully saturated rings. The Hall–Kier alpha value is -0.830. The molecule has 0 aliphatic heterocycles. The van der Waals surface area contributed by atoms with E-state index >= 15 is 0 Å². The number of hydrogen-bond donors (Lipinski definition) is 1. The molecule has 0 spiro atoms. The van der Waals surface area contributed by atoms with E-state index in [1.165, 1.54) is 19.3 Å². The van der Waals surface area contributed by atoms with E-state index in [9.17, 15) is 9.90 Å². The van der Waals surface area contributed by atoms with Crippen LogP contribution in [0, 0.1) is 11.3 Å². The third kappa shape index (κ3) is 4.09. The van der Waals surface area contributed by atoms with Crippen molar-refractivity contribution in [2.45, 2.75) is 58.3 Å². The minimum atomic E-state index is -0.618. The molecule has 1 N–H and O–H groups in total. The second-order valence-corrected chi connectivity index (χ2v) is 7.29. The summed E-state index contributed by atoms with van der Waals surface area (Å²) >= 11 is 3.55. The minimum absolute atomic E-state index is 0.563. The van der Waals surface area contributed by atoms with E-state index in [-0.39, 0.29) is 0 Å². The zero-order valence-corrected chi connectivity index (χ0v) is 14.4. The predicted octanol–water partition coefficient (Wildman–Crippen LogP) is 5.44. The number of halogens is 1. The smallest absolute Gasteiger partial charge is 0.309 e. The van der Waals surface area contributed by atoms with Gasteiger partial charge < -0.3 is 5.11 Å². The zero-order valence-electron chi connectivity index (χ0n) is 12.8. The molecule has 0 aromatic heterocycles. The van der Waals surface area contributed by atoms with E-state index in [1.54, 1.807) is 0 Å². The van der Waals surface area contributed by atoms with E-state index in [4.69, 9.17) is 0 Å². The molecular formula is C18H25BrO2. The van der Waals surface area contributed by atoms with Gasteiger partial charge in [0.1, 0.15) is 0 Å². The average molecular weight is 353 g/mol. The summed E-state index contributed by atoms with van der Waals surface area (Å²) in [6, 6.07) is 8.00. The maximum atomic E-state index is 11.9. The molecule has 0 saturated heterocycles. The molecular weight excluding hydrogens is 328 g/mol. The molecule has 2 rings (SSSR count). The van der Waals surface area contributed by atoms with Crippen molar-refractivity contribution in [2.24, 2.45) is 11.3 Å². The van der Waals surface area contributed by atoms with Crippen LogP contribution in [0.2, 0.25) is 0 Å². The lowest BCUT2D eigenvalue weighted by molar-refractivity contribution is -0.151. The molecule has 3 heteroatoms. The summed E-state index contributed by atoms with van der Waals surface area (Å²) in [5.41, 5.74) is 0.555. The first-order valence-electron chi connectivity index (χ1n) is 8.04. The number of carboxylic acids is 1. The van der Waals surface area contributed by atoms with Crippen LogP contribution in [0.3, 0.4) is 0 Å². The van der Waals surface area contributed by atoms with Crippen LogP contribution < -0.4 is 0 Å². The second kappa shape index (κ2) is 7.44. The van der Waals surface area contributed by atoms with Gasteiger partial charge in [0.2, 0.25) is 0 Å². The molecule has 1 aromatic rings. The highest BCUT2D eigenvalue weighted by molar-refractivity contribution is 9.10. The minimum Gasteiger partial charge on any atom is -0.481 e. The Labute approximate surface area is 136 Å². The molecule has 0 radical (unpaired) electrons. The van der Waals surface area contributed by atoms with Crippen molar-refractivity contribution in [2.75, 3.05) is 0 Å². The summed E-state index contributed by atoms with van der Waals surface area (Å²) in [5.74, 6) is 0.115. The van der Waals surface area contributed by atoms with Crippen molar-refractivity contribution in [3.63, 3.8) is 0 Å². The van der Waals surface area contributed by atoms with E-state index in [0.29, 0.717) is 6.42 Å². The molecule has 1 aliphatic rings. The van der Waals surface area contributed by atoms with Crippen LogP contribution in [0.25, 0.3) is 0 Å². The van der Waals surface area contributed by atoms with Crippen molar-refractivity contribution in [3.05, 3.63) is 34.3 Å². The summed E-state index contributed by atoms with van der Waals surface area (Å²) in [4.78, 5) is 11.9. The van der Waals surface area contributed by atoms with Gasteiger partial charge in [0.25, 0.3) is 0 Å². The SMILES string of the molecule is CCCCC1CCC(Cc2ccccc2Br)(C(=O)O)CC1. The van der Waals surface area contributed by atoms with Crippen LogP contribution in [-0.4, -0.2) is 11.1 Å². The average Bonchev–Trinajstić information content (AvgIpc) is 2.49. The molecule has 0 amide bonds. The van der Waals surface area contributed by atoms with Gasteiger partial charge in [0.15, 0.2) is 0 Å². The number of aliphatic carboxylic acids is 1. The van der Waals surface area contributed by atoms with Gasteiger partial charge >= 0.3 is 5.97 Å². The Kier molecular flexibility index (Phi) is 5.86. The Balaban J connectivity index is 2.06. The van der Waals surface area contributed by atoms with Crippen LogP contribution in [-0.2, 0) is 11.2 Å². The standard InChI is InChI=1S/C18H25BrO2/c1-2-3-6-14-9-11-18(12-10-14,17(20)21)13-15-7-4-5-8-16(15)19/h4-5,7-8,14H,2-3,6,9-13H2,1H3,(H,20,21). The van der Waals surface area contributed by atoms with Gasteiger partial charge in [-0.1, -0.05) is 60.3 Å². The van der Waals surface area contributed by atoms with Gasteiger partial charge in [-0.05, 0) is 49.7 Å². The van der Waals surface area contributed by atoms with Crippen LogP contribution in [0.4, 0.5) is 0 Å². The van der Waals surface area contributed by atoms with E-state index < -0.39 is 11.4 Å². The topological polar surface area (TPSA) is 37.3 Å². The van der Waals surface area contributed by atoms with Crippen molar-refractivity contribution in [3.8, 4) is 0 Å². The number of benzene rings is 1. The van der Waals surface area contributed by atoms with Gasteiger partial charge in [0.05, 0.1) is 5.41 Å². The molecule has 116 valence electrons. The van der Waals surface area contributed by atoms with Crippen molar-refractivity contribution in [1.29, 1.82) is 0 Å². The Morgan fingerprint density at radius 2 is 2.00 bits per heavy atom. The monoisotopic (exact) mass is 352 g/mol. The molecule has 1 aromatic carbocycles. The molecule has 2 nitrogen and oxygen atoms in total. The number of unbranched alkanes of at least 4 members (excludes halogenated alkanes) is 1. The highest BCUT2D eigenvalue weighted by Crippen LogP contribution is 2.44. The van der Waals surface area contributed by atoms with Crippen LogP contribution >= 0.6 is 15.9 Å². The number of rotatable bonds is 6. The quantitative estimate of drug-likeness (QED) is 0.739. The van der Waals surface area contributed by atoms with Gasteiger partial charge in [-0.3, -0.25) is 4.79 Å². The van der Waals surface area contributed by atoms with E-state index in [0.717, 1.165) is 41.6 Å².